The van der Waals surface area contributed by atoms with Crippen LogP contribution >= 0.6 is 27.7 Å². The van der Waals surface area contributed by atoms with E-state index in [9.17, 15) is 18.4 Å². The third kappa shape index (κ3) is 7.31. The van der Waals surface area contributed by atoms with Gasteiger partial charge in [-0.1, -0.05) is 34.6 Å². The molecule has 0 aliphatic heterocycles. The number of rotatable bonds is 10. The van der Waals surface area contributed by atoms with Crippen molar-refractivity contribution in [2.24, 2.45) is 7.05 Å². The van der Waals surface area contributed by atoms with Crippen molar-refractivity contribution in [1.82, 2.24) is 19.6 Å². The molecule has 0 aliphatic rings. The molecular formula is C22H25BrN4O5S2. The van der Waals surface area contributed by atoms with Gasteiger partial charge in [0.1, 0.15) is 17.3 Å². The van der Waals surface area contributed by atoms with Crippen molar-refractivity contribution < 1.29 is 23.2 Å². The number of hydrogen-bond acceptors (Lipinski definition) is 7. The maximum atomic E-state index is 12.6. The molecule has 12 heteroatoms. The van der Waals surface area contributed by atoms with Crippen LogP contribution in [-0.4, -0.2) is 39.0 Å². The lowest BCUT2D eigenvalue weighted by molar-refractivity contribution is -0.172. The molecule has 3 aromatic rings. The Morgan fingerprint density at radius 2 is 1.76 bits per heavy atom. The molecule has 0 bridgehead atoms. The van der Waals surface area contributed by atoms with E-state index in [1.165, 1.54) is 36.0 Å². The van der Waals surface area contributed by atoms with Crippen LogP contribution in [0.25, 0.3) is 0 Å². The van der Waals surface area contributed by atoms with Crippen LogP contribution in [0.4, 0.5) is 0 Å². The molecule has 0 fully saturated rings. The number of halogens is 1. The number of nitrogens with zero attached hydrogens (tertiary/aromatic N) is 3. The van der Waals surface area contributed by atoms with Gasteiger partial charge >= 0.3 is 0 Å². The summed E-state index contributed by atoms with van der Waals surface area (Å²) in [5, 5.41) is 10.1. The molecule has 1 aromatic heterocycles. The minimum atomic E-state index is -4.19. The summed E-state index contributed by atoms with van der Waals surface area (Å²) in [6.07, 6.45) is 3.43. The molecule has 1 amide bonds. The number of benzene rings is 2. The van der Waals surface area contributed by atoms with Crippen LogP contribution in [0.2, 0.25) is 0 Å². The Labute approximate surface area is 211 Å². The molecule has 1 heterocycles. The van der Waals surface area contributed by atoms with Crippen molar-refractivity contribution in [1.29, 1.82) is 0 Å². The SMILES string of the molecule is Cn1ccnc1CSC(C)(C)CC(=O)N(O)NS(=O)(=O)c1ccc(Oc2ccc(Br)cc2)cc1. The number of amides is 1. The fourth-order valence-corrected chi connectivity index (χ4v) is 5.05. The molecule has 0 atom stereocenters. The monoisotopic (exact) mass is 568 g/mol. The summed E-state index contributed by atoms with van der Waals surface area (Å²) < 4.78 is 33.1. The smallest absolute Gasteiger partial charge is 0.263 e. The summed E-state index contributed by atoms with van der Waals surface area (Å²) in [7, 11) is -2.31. The zero-order valence-corrected chi connectivity index (χ0v) is 22.0. The van der Waals surface area contributed by atoms with E-state index in [0.717, 1.165) is 10.3 Å². The van der Waals surface area contributed by atoms with Gasteiger partial charge in [0.2, 0.25) is 0 Å². The summed E-state index contributed by atoms with van der Waals surface area (Å²) >= 11 is 4.82. The van der Waals surface area contributed by atoms with Crippen LogP contribution in [0.15, 0.2) is 70.3 Å². The van der Waals surface area contributed by atoms with E-state index in [1.54, 1.807) is 18.3 Å². The van der Waals surface area contributed by atoms with Gasteiger partial charge in [0, 0.05) is 35.1 Å². The number of carbonyl (C=O) groups excluding carboxylic acids is 1. The van der Waals surface area contributed by atoms with E-state index in [0.29, 0.717) is 17.3 Å². The summed E-state index contributed by atoms with van der Waals surface area (Å²) in [5.74, 6) is 1.66. The topological polar surface area (TPSA) is 114 Å². The third-order valence-corrected chi connectivity index (χ3v) is 7.88. The fraction of sp³-hybridized carbons (Fsp3) is 0.273. The first-order valence-electron chi connectivity index (χ1n) is 10.1. The number of hydroxylamine groups is 1. The highest BCUT2D eigenvalue weighted by Crippen LogP contribution is 2.31. The molecule has 0 saturated carbocycles. The van der Waals surface area contributed by atoms with E-state index in [-0.39, 0.29) is 16.5 Å². The van der Waals surface area contributed by atoms with Crippen LogP contribution in [0.1, 0.15) is 26.1 Å². The molecule has 9 nitrogen and oxygen atoms in total. The Hall–Kier alpha value is -2.38. The third-order valence-electron chi connectivity index (χ3n) is 4.72. The predicted molar refractivity (Wildman–Crippen MR) is 133 cm³/mol. The van der Waals surface area contributed by atoms with E-state index < -0.39 is 20.7 Å². The Morgan fingerprint density at radius 1 is 1.18 bits per heavy atom. The van der Waals surface area contributed by atoms with Crippen LogP contribution in [0.5, 0.6) is 11.5 Å². The summed E-state index contributed by atoms with van der Waals surface area (Å²) in [4.78, 5) is 18.5. The first-order valence-corrected chi connectivity index (χ1v) is 13.4. The van der Waals surface area contributed by atoms with Gasteiger partial charge < -0.3 is 9.30 Å². The Kier molecular flexibility index (Phi) is 8.42. The lowest BCUT2D eigenvalue weighted by Gasteiger charge is -2.25. The molecule has 0 radical (unpaired) electrons. The van der Waals surface area contributed by atoms with Gasteiger partial charge in [-0.15, -0.1) is 16.9 Å². The molecule has 2 N–H and O–H groups in total. The standard InChI is InChI=1S/C22H25BrN4O5S2/c1-22(2,33-15-20-24-12-13-26(20)3)14-21(28)27(29)25-34(30,31)19-10-8-18(9-11-19)32-17-6-4-16(23)5-7-17/h4-13,25,29H,14-15H2,1-3H3. The van der Waals surface area contributed by atoms with Gasteiger partial charge in [0.25, 0.3) is 15.9 Å². The molecule has 34 heavy (non-hydrogen) atoms. The Morgan fingerprint density at radius 3 is 2.32 bits per heavy atom. The number of aromatic nitrogens is 2. The molecule has 0 saturated heterocycles. The highest BCUT2D eigenvalue weighted by Gasteiger charge is 2.28. The second kappa shape index (κ2) is 10.9. The minimum absolute atomic E-state index is 0.0185. The van der Waals surface area contributed by atoms with E-state index in [1.807, 2.05) is 48.6 Å². The lowest BCUT2D eigenvalue weighted by atomic mass is 10.1. The summed E-state index contributed by atoms with van der Waals surface area (Å²) in [6, 6.07) is 12.8. The average molecular weight is 570 g/mol. The Bertz CT molecular complexity index is 1230. The predicted octanol–water partition coefficient (Wildman–Crippen LogP) is 4.49. The van der Waals surface area contributed by atoms with E-state index in [2.05, 4.69) is 20.9 Å². The van der Waals surface area contributed by atoms with Crippen molar-refractivity contribution in [3.63, 3.8) is 0 Å². The zero-order chi connectivity index (χ0) is 24.9. The molecule has 0 unspecified atom stereocenters. The number of ether oxygens (including phenoxy) is 1. The number of carbonyl (C=O) groups is 1. The van der Waals surface area contributed by atoms with Crippen molar-refractivity contribution in [2.75, 3.05) is 0 Å². The molecule has 2 aromatic carbocycles. The van der Waals surface area contributed by atoms with Crippen LogP contribution in [0, 0.1) is 0 Å². The first kappa shape index (κ1) is 26.2. The Balaban J connectivity index is 1.57. The highest BCUT2D eigenvalue weighted by atomic mass is 79.9. The van der Waals surface area contributed by atoms with Gasteiger partial charge in [-0.05, 0) is 48.5 Å². The average Bonchev–Trinajstić information content (AvgIpc) is 3.18. The number of thioether (sulfide) groups is 1. The fourth-order valence-electron chi connectivity index (χ4n) is 2.83. The number of aryl methyl sites for hydroxylation is 1. The second-order valence-corrected chi connectivity index (χ2v) is 12.3. The molecule has 182 valence electrons. The number of nitrogens with one attached hydrogen (secondary N) is 1. The maximum Gasteiger partial charge on any atom is 0.263 e. The van der Waals surface area contributed by atoms with Gasteiger partial charge in [0.15, 0.2) is 0 Å². The van der Waals surface area contributed by atoms with Crippen molar-refractivity contribution in [3.8, 4) is 11.5 Å². The largest absolute Gasteiger partial charge is 0.457 e. The van der Waals surface area contributed by atoms with Gasteiger partial charge in [0.05, 0.1) is 10.6 Å². The van der Waals surface area contributed by atoms with Gasteiger partial charge in [-0.3, -0.25) is 10.0 Å². The zero-order valence-electron chi connectivity index (χ0n) is 18.8. The van der Waals surface area contributed by atoms with E-state index >= 15 is 0 Å². The second-order valence-electron chi connectivity index (χ2n) is 8.01. The molecule has 3 rings (SSSR count). The van der Waals surface area contributed by atoms with Crippen LogP contribution in [0.3, 0.4) is 0 Å². The maximum absolute atomic E-state index is 12.6. The normalized spacial score (nSPS) is 11.9. The number of hydrogen-bond donors (Lipinski definition) is 2. The number of imidazole rings is 1. The summed E-state index contributed by atoms with van der Waals surface area (Å²) in [5.41, 5.74) is 0. The van der Waals surface area contributed by atoms with Crippen LogP contribution < -0.4 is 9.57 Å². The van der Waals surface area contributed by atoms with Gasteiger partial charge in [-0.25, -0.2) is 13.4 Å². The van der Waals surface area contributed by atoms with Crippen molar-refractivity contribution >= 4 is 43.6 Å². The molecule has 0 spiro atoms. The van der Waals surface area contributed by atoms with Crippen molar-refractivity contribution in [2.45, 2.75) is 35.7 Å². The van der Waals surface area contributed by atoms with Crippen molar-refractivity contribution in [3.05, 3.63) is 71.2 Å². The highest BCUT2D eigenvalue weighted by molar-refractivity contribution is 9.10. The molecule has 0 aliphatic carbocycles. The lowest BCUT2D eigenvalue weighted by Crippen LogP contribution is -2.45. The van der Waals surface area contributed by atoms with Crippen LogP contribution in [-0.2, 0) is 27.6 Å². The summed E-state index contributed by atoms with van der Waals surface area (Å²) in [6.45, 7) is 3.68. The minimum Gasteiger partial charge on any atom is -0.457 e. The molecular weight excluding hydrogens is 544 g/mol. The quantitative estimate of drug-likeness (QED) is 0.273. The first-order chi connectivity index (χ1) is 15.9. The van der Waals surface area contributed by atoms with Gasteiger partial charge in [-0.2, -0.15) is 0 Å². The number of sulfonamides is 1. The van der Waals surface area contributed by atoms with E-state index in [4.69, 9.17) is 4.74 Å². The number of hydrazine groups is 1.